The molecule has 1 unspecified atom stereocenters. The van der Waals surface area contributed by atoms with Crippen LogP contribution in [-0.2, 0) is 17.7 Å². The summed E-state index contributed by atoms with van der Waals surface area (Å²) < 4.78 is 11.4. The Morgan fingerprint density at radius 1 is 1.32 bits per heavy atom. The first-order chi connectivity index (χ1) is 8.75. The van der Waals surface area contributed by atoms with Gasteiger partial charge in [-0.1, -0.05) is 12.1 Å². The summed E-state index contributed by atoms with van der Waals surface area (Å²) in [6, 6.07) is 0.349. The summed E-state index contributed by atoms with van der Waals surface area (Å²) in [6.45, 7) is 13.5. The Kier molecular flexibility index (Phi) is 3.76. The minimum absolute atomic E-state index is 0.0571. The highest BCUT2D eigenvalue weighted by Crippen LogP contribution is 2.37. The zero-order chi connectivity index (χ0) is 14.3. The second-order valence-electron chi connectivity index (χ2n) is 6.62. The van der Waals surface area contributed by atoms with Gasteiger partial charge in [0.05, 0.1) is 16.9 Å². The van der Waals surface area contributed by atoms with Crippen molar-refractivity contribution < 1.29 is 9.26 Å². The van der Waals surface area contributed by atoms with Crippen LogP contribution in [0.25, 0.3) is 0 Å². The SMILES string of the molecule is CCc1noc(C)c1CNC1CC(C)(C)OC1(C)C. The van der Waals surface area contributed by atoms with Crippen molar-refractivity contribution in [1.82, 2.24) is 10.5 Å². The molecule has 0 radical (unpaired) electrons. The van der Waals surface area contributed by atoms with Crippen LogP contribution in [0.3, 0.4) is 0 Å². The quantitative estimate of drug-likeness (QED) is 0.910. The van der Waals surface area contributed by atoms with Gasteiger partial charge < -0.3 is 14.6 Å². The van der Waals surface area contributed by atoms with E-state index in [4.69, 9.17) is 9.26 Å². The molecule has 1 saturated heterocycles. The lowest BCUT2D eigenvalue weighted by molar-refractivity contribution is -0.0699. The number of hydrogen-bond donors (Lipinski definition) is 1. The number of nitrogens with zero attached hydrogens (tertiary/aromatic N) is 1. The van der Waals surface area contributed by atoms with Crippen molar-refractivity contribution in [3.63, 3.8) is 0 Å². The molecule has 1 aliphatic heterocycles. The van der Waals surface area contributed by atoms with E-state index in [1.165, 1.54) is 5.56 Å². The van der Waals surface area contributed by atoms with Crippen LogP contribution in [0.1, 0.15) is 58.1 Å². The molecular formula is C15H26N2O2. The van der Waals surface area contributed by atoms with E-state index in [0.29, 0.717) is 6.04 Å². The van der Waals surface area contributed by atoms with E-state index in [-0.39, 0.29) is 11.2 Å². The predicted octanol–water partition coefficient (Wildman–Crippen LogP) is 2.98. The Morgan fingerprint density at radius 3 is 2.53 bits per heavy atom. The molecule has 1 fully saturated rings. The number of aromatic nitrogens is 1. The lowest BCUT2D eigenvalue weighted by Gasteiger charge is -2.27. The fraction of sp³-hybridized carbons (Fsp3) is 0.800. The molecule has 0 amide bonds. The molecule has 0 aliphatic carbocycles. The van der Waals surface area contributed by atoms with E-state index in [0.717, 1.165) is 30.8 Å². The number of nitrogens with one attached hydrogen (secondary N) is 1. The van der Waals surface area contributed by atoms with Gasteiger partial charge in [0.1, 0.15) is 5.76 Å². The molecule has 19 heavy (non-hydrogen) atoms. The van der Waals surface area contributed by atoms with Crippen LogP contribution in [-0.4, -0.2) is 22.4 Å². The van der Waals surface area contributed by atoms with E-state index in [1.807, 2.05) is 6.92 Å². The van der Waals surface area contributed by atoms with Gasteiger partial charge in [-0.25, -0.2) is 0 Å². The highest BCUT2D eigenvalue weighted by Gasteiger charge is 2.45. The van der Waals surface area contributed by atoms with Gasteiger partial charge in [0.15, 0.2) is 0 Å². The maximum absolute atomic E-state index is 6.10. The van der Waals surface area contributed by atoms with E-state index < -0.39 is 0 Å². The fourth-order valence-electron chi connectivity index (χ4n) is 3.05. The van der Waals surface area contributed by atoms with Crippen LogP contribution >= 0.6 is 0 Å². The van der Waals surface area contributed by atoms with Gasteiger partial charge in [-0.15, -0.1) is 0 Å². The highest BCUT2D eigenvalue weighted by molar-refractivity contribution is 5.22. The lowest BCUT2D eigenvalue weighted by atomic mass is 9.94. The summed E-state index contributed by atoms with van der Waals surface area (Å²) >= 11 is 0. The third-order valence-corrected chi connectivity index (χ3v) is 4.00. The van der Waals surface area contributed by atoms with Gasteiger partial charge in [-0.3, -0.25) is 0 Å². The minimum atomic E-state index is -0.138. The molecule has 0 saturated carbocycles. The summed E-state index contributed by atoms with van der Waals surface area (Å²) in [6.07, 6.45) is 1.93. The molecule has 108 valence electrons. The first-order valence-corrected chi connectivity index (χ1v) is 7.13. The molecule has 1 aliphatic rings. The molecule has 1 atom stereocenters. The molecule has 2 rings (SSSR count). The first-order valence-electron chi connectivity index (χ1n) is 7.13. The predicted molar refractivity (Wildman–Crippen MR) is 75.1 cm³/mol. The molecule has 4 nitrogen and oxygen atoms in total. The fourth-order valence-corrected chi connectivity index (χ4v) is 3.05. The number of hydrogen-bond acceptors (Lipinski definition) is 4. The van der Waals surface area contributed by atoms with Crippen molar-refractivity contribution in [3.05, 3.63) is 17.0 Å². The van der Waals surface area contributed by atoms with Crippen LogP contribution in [0.4, 0.5) is 0 Å². The summed E-state index contributed by atoms with van der Waals surface area (Å²) in [5.41, 5.74) is 2.06. The Labute approximate surface area is 115 Å². The summed E-state index contributed by atoms with van der Waals surface area (Å²) in [7, 11) is 0. The molecule has 1 N–H and O–H groups in total. The van der Waals surface area contributed by atoms with E-state index in [9.17, 15) is 0 Å². The Bertz CT molecular complexity index is 449. The molecule has 0 bridgehead atoms. The van der Waals surface area contributed by atoms with Gasteiger partial charge in [-0.2, -0.15) is 0 Å². The summed E-state index contributed by atoms with van der Waals surface area (Å²) in [5.74, 6) is 0.917. The van der Waals surface area contributed by atoms with Gasteiger partial charge in [0.2, 0.25) is 0 Å². The smallest absolute Gasteiger partial charge is 0.138 e. The monoisotopic (exact) mass is 266 g/mol. The topological polar surface area (TPSA) is 47.3 Å². The van der Waals surface area contributed by atoms with Crippen molar-refractivity contribution in [3.8, 4) is 0 Å². The average molecular weight is 266 g/mol. The number of rotatable bonds is 4. The van der Waals surface area contributed by atoms with Gasteiger partial charge in [0, 0.05) is 18.2 Å². The van der Waals surface area contributed by atoms with E-state index in [1.54, 1.807) is 0 Å². The van der Waals surface area contributed by atoms with Crippen molar-refractivity contribution >= 4 is 0 Å². The number of aryl methyl sites for hydroxylation is 2. The van der Waals surface area contributed by atoms with Crippen LogP contribution in [0.5, 0.6) is 0 Å². The molecule has 1 aromatic rings. The average Bonchev–Trinajstić information content (AvgIpc) is 2.72. The Hall–Kier alpha value is -0.870. The first kappa shape index (κ1) is 14.5. The van der Waals surface area contributed by atoms with Gasteiger partial charge >= 0.3 is 0 Å². The molecule has 0 aromatic carbocycles. The zero-order valence-electron chi connectivity index (χ0n) is 13.0. The molecule has 1 aromatic heterocycles. The molecule has 0 spiro atoms. The van der Waals surface area contributed by atoms with Crippen LogP contribution in [0.15, 0.2) is 4.52 Å². The Morgan fingerprint density at radius 2 is 2.00 bits per heavy atom. The number of ether oxygens (including phenoxy) is 1. The van der Waals surface area contributed by atoms with Crippen molar-refractivity contribution in [2.45, 2.75) is 78.2 Å². The van der Waals surface area contributed by atoms with Crippen molar-refractivity contribution in [1.29, 1.82) is 0 Å². The minimum Gasteiger partial charge on any atom is -0.368 e. The standard InChI is InChI=1S/C15H26N2O2/c1-7-12-11(10(2)18-17-12)9-16-13-8-14(3,4)19-15(13,5)6/h13,16H,7-9H2,1-6H3. The van der Waals surface area contributed by atoms with Crippen LogP contribution in [0.2, 0.25) is 0 Å². The maximum Gasteiger partial charge on any atom is 0.138 e. The molecular weight excluding hydrogens is 240 g/mol. The third-order valence-electron chi connectivity index (χ3n) is 4.00. The second-order valence-corrected chi connectivity index (χ2v) is 6.62. The summed E-state index contributed by atoms with van der Waals surface area (Å²) in [5, 5.41) is 7.72. The maximum atomic E-state index is 6.10. The van der Waals surface area contributed by atoms with Gasteiger partial charge in [-0.05, 0) is 47.5 Å². The molecule has 4 heteroatoms. The summed E-state index contributed by atoms with van der Waals surface area (Å²) in [4.78, 5) is 0. The second kappa shape index (κ2) is 4.91. The van der Waals surface area contributed by atoms with Crippen LogP contribution in [0, 0.1) is 6.92 Å². The van der Waals surface area contributed by atoms with Gasteiger partial charge in [0.25, 0.3) is 0 Å². The highest BCUT2D eigenvalue weighted by atomic mass is 16.5. The van der Waals surface area contributed by atoms with Crippen molar-refractivity contribution in [2.75, 3.05) is 0 Å². The normalized spacial score (nSPS) is 24.8. The largest absolute Gasteiger partial charge is 0.368 e. The van der Waals surface area contributed by atoms with Crippen LogP contribution < -0.4 is 5.32 Å². The molecule has 2 heterocycles. The van der Waals surface area contributed by atoms with E-state index in [2.05, 4.69) is 45.1 Å². The Balaban J connectivity index is 2.05. The van der Waals surface area contributed by atoms with Crippen molar-refractivity contribution in [2.24, 2.45) is 0 Å². The zero-order valence-corrected chi connectivity index (χ0v) is 13.0. The van der Waals surface area contributed by atoms with E-state index >= 15 is 0 Å². The lowest BCUT2D eigenvalue weighted by Crippen LogP contribution is -2.43. The third kappa shape index (κ3) is 3.00.